The van der Waals surface area contributed by atoms with Gasteiger partial charge in [-0.2, -0.15) is 5.26 Å². The van der Waals surface area contributed by atoms with Gasteiger partial charge in [0.2, 0.25) is 5.91 Å². The van der Waals surface area contributed by atoms with E-state index in [2.05, 4.69) is 35.0 Å². The van der Waals surface area contributed by atoms with E-state index in [-0.39, 0.29) is 5.91 Å². The van der Waals surface area contributed by atoms with Crippen LogP contribution in [0.3, 0.4) is 0 Å². The maximum absolute atomic E-state index is 11.4. The largest absolute Gasteiger partial charge is 0.352 e. The van der Waals surface area contributed by atoms with Crippen LogP contribution in [0.15, 0.2) is 61.2 Å². The molecular weight excluding hydrogens is 298 g/mol. The number of rotatable bonds is 4. The number of nitrogens with zero attached hydrogens (tertiary/aromatic N) is 2. The normalized spacial score (nSPS) is 16.0. The average Bonchev–Trinajstić information content (AvgIpc) is 2.65. The van der Waals surface area contributed by atoms with Crippen molar-refractivity contribution in [1.82, 2.24) is 5.32 Å². The van der Waals surface area contributed by atoms with Crippen LogP contribution >= 0.6 is 0 Å². The lowest BCUT2D eigenvalue weighted by atomic mass is 9.92. The SMILES string of the molecule is C=CC(=O)NCC1Cc2ccccc2N(c2ccc(C#N)cc2)C1. The first-order chi connectivity index (χ1) is 11.7. The lowest BCUT2D eigenvalue weighted by Gasteiger charge is -2.36. The van der Waals surface area contributed by atoms with E-state index < -0.39 is 0 Å². The fourth-order valence-corrected chi connectivity index (χ4v) is 3.09. The summed E-state index contributed by atoms with van der Waals surface area (Å²) >= 11 is 0. The summed E-state index contributed by atoms with van der Waals surface area (Å²) in [6.45, 7) is 4.93. The topological polar surface area (TPSA) is 56.1 Å². The number of para-hydroxylation sites is 1. The van der Waals surface area contributed by atoms with Crippen molar-refractivity contribution >= 4 is 17.3 Å². The number of carbonyl (C=O) groups excluding carboxylic acids is 1. The van der Waals surface area contributed by atoms with Crippen LogP contribution in [0.2, 0.25) is 0 Å². The molecule has 0 fully saturated rings. The van der Waals surface area contributed by atoms with Gasteiger partial charge in [0.1, 0.15) is 0 Å². The van der Waals surface area contributed by atoms with Gasteiger partial charge in [-0.05, 0) is 54.3 Å². The van der Waals surface area contributed by atoms with E-state index in [1.807, 2.05) is 36.4 Å². The van der Waals surface area contributed by atoms with Crippen LogP contribution in [0.25, 0.3) is 0 Å². The molecule has 1 N–H and O–H groups in total. The fourth-order valence-electron chi connectivity index (χ4n) is 3.09. The number of nitrogens with one attached hydrogen (secondary N) is 1. The summed E-state index contributed by atoms with van der Waals surface area (Å²) in [5.41, 5.74) is 4.17. The lowest BCUT2D eigenvalue weighted by Crippen LogP contribution is -2.38. The first-order valence-corrected chi connectivity index (χ1v) is 7.97. The number of carbonyl (C=O) groups is 1. The standard InChI is InChI=1S/C20H19N3O/c1-2-20(24)22-13-16-11-17-5-3-4-6-19(17)23(14-16)18-9-7-15(12-21)8-10-18/h2-10,16H,1,11,13-14H2,(H,22,24). The number of benzene rings is 2. The third-order valence-electron chi connectivity index (χ3n) is 4.29. The molecule has 4 heteroatoms. The maximum atomic E-state index is 11.4. The Bertz CT molecular complexity index is 789. The van der Waals surface area contributed by atoms with Crippen molar-refractivity contribution in [3.05, 3.63) is 72.3 Å². The first kappa shape index (κ1) is 15.8. The second-order valence-electron chi connectivity index (χ2n) is 5.92. The van der Waals surface area contributed by atoms with E-state index in [0.29, 0.717) is 18.0 Å². The van der Waals surface area contributed by atoms with Crippen LogP contribution in [0, 0.1) is 17.2 Å². The zero-order valence-electron chi connectivity index (χ0n) is 13.4. The van der Waals surface area contributed by atoms with Gasteiger partial charge in [0.25, 0.3) is 0 Å². The molecule has 0 saturated carbocycles. The predicted molar refractivity (Wildman–Crippen MR) is 95.0 cm³/mol. The van der Waals surface area contributed by atoms with Crippen molar-refractivity contribution < 1.29 is 4.79 Å². The number of hydrogen-bond donors (Lipinski definition) is 1. The molecule has 120 valence electrons. The molecular formula is C20H19N3O. The zero-order valence-corrected chi connectivity index (χ0v) is 13.4. The highest BCUT2D eigenvalue weighted by Crippen LogP contribution is 2.35. The van der Waals surface area contributed by atoms with Gasteiger partial charge in [-0.25, -0.2) is 0 Å². The van der Waals surface area contributed by atoms with E-state index in [0.717, 1.165) is 18.7 Å². The van der Waals surface area contributed by atoms with Crippen molar-refractivity contribution in [3.63, 3.8) is 0 Å². The smallest absolute Gasteiger partial charge is 0.243 e. The van der Waals surface area contributed by atoms with Crippen LogP contribution in [-0.2, 0) is 11.2 Å². The summed E-state index contributed by atoms with van der Waals surface area (Å²) in [6, 6.07) is 18.1. The highest BCUT2D eigenvalue weighted by molar-refractivity contribution is 5.86. The molecule has 1 heterocycles. The van der Waals surface area contributed by atoms with Crippen molar-refractivity contribution in [3.8, 4) is 6.07 Å². The minimum atomic E-state index is -0.140. The number of nitriles is 1. The van der Waals surface area contributed by atoms with Gasteiger partial charge in [0.15, 0.2) is 0 Å². The van der Waals surface area contributed by atoms with Gasteiger partial charge in [-0.1, -0.05) is 24.8 Å². The average molecular weight is 317 g/mol. The first-order valence-electron chi connectivity index (χ1n) is 7.97. The molecule has 1 atom stereocenters. The quantitative estimate of drug-likeness (QED) is 0.881. The van der Waals surface area contributed by atoms with E-state index >= 15 is 0 Å². The van der Waals surface area contributed by atoms with Gasteiger partial charge in [-0.15, -0.1) is 0 Å². The predicted octanol–water partition coefficient (Wildman–Crippen LogP) is 3.17. The molecule has 24 heavy (non-hydrogen) atoms. The molecule has 1 amide bonds. The van der Waals surface area contributed by atoms with E-state index in [1.54, 1.807) is 0 Å². The Kier molecular flexibility index (Phi) is 4.62. The molecule has 0 saturated heterocycles. The highest BCUT2D eigenvalue weighted by Gasteiger charge is 2.25. The fraction of sp³-hybridized carbons (Fsp3) is 0.200. The summed E-state index contributed by atoms with van der Waals surface area (Å²) in [6.07, 6.45) is 2.23. The van der Waals surface area contributed by atoms with Crippen molar-refractivity contribution in [1.29, 1.82) is 5.26 Å². The highest BCUT2D eigenvalue weighted by atomic mass is 16.1. The third-order valence-corrected chi connectivity index (χ3v) is 4.29. The van der Waals surface area contributed by atoms with Crippen LogP contribution in [0.5, 0.6) is 0 Å². The minimum Gasteiger partial charge on any atom is -0.352 e. The van der Waals surface area contributed by atoms with Gasteiger partial charge in [0.05, 0.1) is 11.6 Å². The Morgan fingerprint density at radius 2 is 2.04 bits per heavy atom. The van der Waals surface area contributed by atoms with Crippen molar-refractivity contribution in [2.45, 2.75) is 6.42 Å². The molecule has 1 aliphatic rings. The molecule has 0 aromatic heterocycles. The van der Waals surface area contributed by atoms with E-state index in [9.17, 15) is 4.79 Å². The second-order valence-corrected chi connectivity index (χ2v) is 5.92. The number of amides is 1. The Morgan fingerprint density at radius 3 is 2.75 bits per heavy atom. The van der Waals surface area contributed by atoms with Crippen molar-refractivity contribution in [2.75, 3.05) is 18.0 Å². The molecule has 1 unspecified atom stereocenters. The van der Waals surface area contributed by atoms with Gasteiger partial charge >= 0.3 is 0 Å². The lowest BCUT2D eigenvalue weighted by molar-refractivity contribution is -0.116. The number of anilines is 2. The van der Waals surface area contributed by atoms with Gasteiger partial charge < -0.3 is 10.2 Å². The molecule has 2 aromatic rings. The van der Waals surface area contributed by atoms with E-state index in [1.165, 1.54) is 17.3 Å². The summed E-state index contributed by atoms with van der Waals surface area (Å²) in [5, 5.41) is 11.9. The zero-order chi connectivity index (χ0) is 16.9. The maximum Gasteiger partial charge on any atom is 0.243 e. The Balaban J connectivity index is 1.87. The number of hydrogen-bond acceptors (Lipinski definition) is 3. The van der Waals surface area contributed by atoms with Crippen LogP contribution in [-0.4, -0.2) is 19.0 Å². The molecule has 0 radical (unpaired) electrons. The van der Waals surface area contributed by atoms with Crippen LogP contribution < -0.4 is 10.2 Å². The molecule has 0 spiro atoms. The third kappa shape index (κ3) is 3.31. The van der Waals surface area contributed by atoms with Crippen molar-refractivity contribution in [2.24, 2.45) is 5.92 Å². The molecule has 0 bridgehead atoms. The summed E-state index contributed by atoms with van der Waals surface area (Å²) in [7, 11) is 0. The molecule has 1 aliphatic heterocycles. The Hall–Kier alpha value is -3.06. The van der Waals surface area contributed by atoms with Gasteiger partial charge in [0, 0.05) is 24.5 Å². The van der Waals surface area contributed by atoms with Crippen LogP contribution in [0.4, 0.5) is 11.4 Å². The second kappa shape index (κ2) is 7.01. The molecule has 2 aromatic carbocycles. The van der Waals surface area contributed by atoms with Gasteiger partial charge in [-0.3, -0.25) is 4.79 Å². The molecule has 3 rings (SSSR count). The monoisotopic (exact) mass is 317 g/mol. The number of fused-ring (bicyclic) bond motifs is 1. The molecule has 0 aliphatic carbocycles. The van der Waals surface area contributed by atoms with Crippen LogP contribution in [0.1, 0.15) is 11.1 Å². The molecule has 4 nitrogen and oxygen atoms in total. The Morgan fingerprint density at radius 1 is 1.29 bits per heavy atom. The summed E-state index contributed by atoms with van der Waals surface area (Å²) in [4.78, 5) is 13.7. The Labute approximate surface area is 142 Å². The minimum absolute atomic E-state index is 0.140. The summed E-state index contributed by atoms with van der Waals surface area (Å²) in [5.74, 6) is 0.179. The van der Waals surface area contributed by atoms with E-state index in [4.69, 9.17) is 5.26 Å². The summed E-state index contributed by atoms with van der Waals surface area (Å²) < 4.78 is 0.